The summed E-state index contributed by atoms with van der Waals surface area (Å²) in [6, 6.07) is 20.4. The van der Waals surface area contributed by atoms with Crippen LogP contribution in [-0.2, 0) is 10.1 Å². The van der Waals surface area contributed by atoms with E-state index in [1.54, 1.807) is 0 Å². The number of hydrogen-bond acceptors (Lipinski definition) is 5. The normalized spacial score (nSPS) is 12.2. The number of rotatable bonds is 3. The van der Waals surface area contributed by atoms with Crippen molar-refractivity contribution in [2.45, 2.75) is 4.90 Å². The van der Waals surface area contributed by atoms with Crippen LogP contribution in [0.4, 0.5) is 11.4 Å². The lowest BCUT2D eigenvalue weighted by molar-refractivity contribution is 0.482. The van der Waals surface area contributed by atoms with Gasteiger partial charge in [0.1, 0.15) is 5.69 Å². The minimum Gasteiger partial charge on any atom is -0.505 e. The van der Waals surface area contributed by atoms with E-state index in [1.165, 1.54) is 24.3 Å². The lowest BCUT2D eigenvalue weighted by atomic mass is 9.99. The number of phenols is 1. The molecule has 0 spiro atoms. The van der Waals surface area contributed by atoms with Gasteiger partial charge in [0.2, 0.25) is 0 Å². The number of aromatic hydroxyl groups is 1. The Hall–Kier alpha value is -3.29. The second-order valence-electron chi connectivity index (χ2n) is 5.96. The summed E-state index contributed by atoms with van der Waals surface area (Å²) >= 11 is 0. The third kappa shape index (κ3) is 3.14. The van der Waals surface area contributed by atoms with E-state index in [0.29, 0.717) is 16.8 Å². The minimum atomic E-state index is -4.26. The standard InChI is InChI=1S/C20H14N2O4S/c23-20-18-8-4-2-6-16(18)15-5-1-3-7-17(15)19(20)22-21-13-9-11-14(12-10-13)27(24,25)26/h1-12,23H,(H,24,25,26). The van der Waals surface area contributed by atoms with Gasteiger partial charge in [-0.25, -0.2) is 0 Å². The fraction of sp³-hybridized carbons (Fsp3) is 0. The van der Waals surface area contributed by atoms with Crippen molar-refractivity contribution in [3.63, 3.8) is 0 Å². The van der Waals surface area contributed by atoms with Gasteiger partial charge < -0.3 is 5.11 Å². The maximum atomic E-state index is 11.1. The molecule has 0 amide bonds. The Balaban J connectivity index is 1.86. The molecular formula is C20H14N2O4S. The molecule has 0 heterocycles. The number of phenolic OH excluding ortho intramolecular Hbond substituents is 1. The van der Waals surface area contributed by atoms with Gasteiger partial charge in [-0.05, 0) is 35.0 Å². The zero-order valence-corrected chi connectivity index (χ0v) is 14.8. The molecular weight excluding hydrogens is 364 g/mol. The number of nitrogens with zero attached hydrogens (tertiary/aromatic N) is 2. The summed E-state index contributed by atoms with van der Waals surface area (Å²) in [5, 5.41) is 22.3. The molecule has 0 saturated heterocycles. The molecule has 0 fully saturated rings. The maximum Gasteiger partial charge on any atom is 0.294 e. The molecule has 4 aromatic carbocycles. The van der Waals surface area contributed by atoms with Crippen LogP contribution in [-0.4, -0.2) is 18.1 Å². The average Bonchev–Trinajstić information content (AvgIpc) is 2.68. The predicted octanol–water partition coefficient (Wildman–Crippen LogP) is 5.36. The highest BCUT2D eigenvalue weighted by Gasteiger charge is 2.13. The van der Waals surface area contributed by atoms with E-state index in [9.17, 15) is 13.5 Å². The quantitative estimate of drug-likeness (QED) is 0.285. The van der Waals surface area contributed by atoms with Gasteiger partial charge in [0.05, 0.1) is 10.6 Å². The summed E-state index contributed by atoms with van der Waals surface area (Å²) < 4.78 is 31.2. The SMILES string of the molecule is O=S(=O)(O)c1ccc(N=Nc2c(O)c3ccccc3c3ccccc23)cc1. The molecule has 2 N–H and O–H groups in total. The molecule has 0 saturated carbocycles. The Morgan fingerprint density at radius 1 is 0.667 bits per heavy atom. The molecule has 27 heavy (non-hydrogen) atoms. The van der Waals surface area contributed by atoms with Gasteiger partial charge in [-0.15, -0.1) is 5.11 Å². The van der Waals surface area contributed by atoms with Gasteiger partial charge in [0.15, 0.2) is 5.75 Å². The first-order valence-electron chi connectivity index (χ1n) is 8.07. The van der Waals surface area contributed by atoms with Gasteiger partial charge in [-0.1, -0.05) is 48.5 Å². The zero-order chi connectivity index (χ0) is 19.0. The predicted molar refractivity (Wildman–Crippen MR) is 104 cm³/mol. The summed E-state index contributed by atoms with van der Waals surface area (Å²) in [6.07, 6.45) is 0. The molecule has 0 atom stereocenters. The number of azo groups is 1. The van der Waals surface area contributed by atoms with Crippen LogP contribution < -0.4 is 0 Å². The van der Waals surface area contributed by atoms with E-state index < -0.39 is 10.1 Å². The Bertz CT molecular complexity index is 1300. The molecule has 0 unspecified atom stereocenters. The summed E-state index contributed by atoms with van der Waals surface area (Å²) in [5.74, 6) is 0.0302. The average molecular weight is 378 g/mol. The fourth-order valence-electron chi connectivity index (χ4n) is 3.00. The van der Waals surface area contributed by atoms with Crippen molar-refractivity contribution in [1.82, 2.24) is 0 Å². The largest absolute Gasteiger partial charge is 0.505 e. The maximum absolute atomic E-state index is 11.1. The van der Waals surface area contributed by atoms with E-state index in [4.69, 9.17) is 4.55 Å². The molecule has 4 rings (SSSR count). The second-order valence-corrected chi connectivity index (χ2v) is 7.38. The van der Waals surface area contributed by atoms with Crippen LogP contribution in [0.15, 0.2) is 87.9 Å². The second kappa shape index (κ2) is 6.46. The lowest BCUT2D eigenvalue weighted by Gasteiger charge is -2.09. The first kappa shape index (κ1) is 17.1. The van der Waals surface area contributed by atoms with Crippen molar-refractivity contribution in [2.75, 3.05) is 0 Å². The van der Waals surface area contributed by atoms with Gasteiger partial charge in [-0.3, -0.25) is 4.55 Å². The van der Waals surface area contributed by atoms with E-state index in [0.717, 1.165) is 16.2 Å². The molecule has 0 radical (unpaired) electrons. The summed E-state index contributed by atoms with van der Waals surface area (Å²) in [4.78, 5) is -0.222. The Labute approximate surface area is 155 Å². The molecule has 7 heteroatoms. The first-order valence-corrected chi connectivity index (χ1v) is 9.51. The number of hydrogen-bond donors (Lipinski definition) is 2. The Kier molecular flexibility index (Phi) is 4.10. The Morgan fingerprint density at radius 2 is 1.19 bits per heavy atom. The third-order valence-corrected chi connectivity index (χ3v) is 5.15. The topological polar surface area (TPSA) is 99.3 Å². The van der Waals surface area contributed by atoms with Gasteiger partial charge in [0, 0.05) is 10.8 Å². The van der Waals surface area contributed by atoms with E-state index in [1.807, 2.05) is 48.5 Å². The fourth-order valence-corrected chi connectivity index (χ4v) is 3.48. The van der Waals surface area contributed by atoms with Crippen LogP contribution in [0.25, 0.3) is 21.5 Å². The number of benzene rings is 4. The molecule has 0 bridgehead atoms. The van der Waals surface area contributed by atoms with Gasteiger partial charge >= 0.3 is 0 Å². The highest BCUT2D eigenvalue weighted by atomic mass is 32.2. The van der Waals surface area contributed by atoms with Crippen LogP contribution in [0.5, 0.6) is 5.75 Å². The highest BCUT2D eigenvalue weighted by molar-refractivity contribution is 7.85. The lowest BCUT2D eigenvalue weighted by Crippen LogP contribution is -1.96. The molecule has 0 aliphatic carbocycles. The van der Waals surface area contributed by atoms with Crippen LogP contribution in [0.3, 0.4) is 0 Å². The van der Waals surface area contributed by atoms with Crippen molar-refractivity contribution >= 4 is 43.0 Å². The Morgan fingerprint density at radius 3 is 1.78 bits per heavy atom. The smallest absolute Gasteiger partial charge is 0.294 e. The van der Waals surface area contributed by atoms with Crippen molar-refractivity contribution in [3.8, 4) is 5.75 Å². The third-order valence-electron chi connectivity index (χ3n) is 4.28. The van der Waals surface area contributed by atoms with E-state index in [-0.39, 0.29) is 10.6 Å². The van der Waals surface area contributed by atoms with Crippen LogP contribution in [0.1, 0.15) is 0 Å². The monoisotopic (exact) mass is 378 g/mol. The van der Waals surface area contributed by atoms with E-state index in [2.05, 4.69) is 10.2 Å². The van der Waals surface area contributed by atoms with Gasteiger partial charge in [0.25, 0.3) is 10.1 Å². The minimum absolute atomic E-state index is 0.0302. The van der Waals surface area contributed by atoms with Gasteiger partial charge in [-0.2, -0.15) is 13.5 Å². The molecule has 4 aromatic rings. The zero-order valence-electron chi connectivity index (χ0n) is 13.9. The van der Waals surface area contributed by atoms with Crippen molar-refractivity contribution in [1.29, 1.82) is 0 Å². The molecule has 0 aliphatic heterocycles. The van der Waals surface area contributed by atoms with Crippen molar-refractivity contribution in [3.05, 3.63) is 72.8 Å². The summed E-state index contributed by atoms with van der Waals surface area (Å²) in [6.45, 7) is 0. The molecule has 6 nitrogen and oxygen atoms in total. The molecule has 0 aromatic heterocycles. The summed E-state index contributed by atoms with van der Waals surface area (Å²) in [5.41, 5.74) is 0.724. The number of fused-ring (bicyclic) bond motifs is 3. The van der Waals surface area contributed by atoms with Crippen LogP contribution >= 0.6 is 0 Å². The van der Waals surface area contributed by atoms with Crippen molar-refractivity contribution < 1.29 is 18.1 Å². The van der Waals surface area contributed by atoms with Crippen LogP contribution in [0, 0.1) is 0 Å². The van der Waals surface area contributed by atoms with E-state index >= 15 is 0 Å². The molecule has 134 valence electrons. The van der Waals surface area contributed by atoms with Crippen molar-refractivity contribution in [2.24, 2.45) is 10.2 Å². The summed E-state index contributed by atoms with van der Waals surface area (Å²) in [7, 11) is -4.26. The molecule has 0 aliphatic rings. The highest BCUT2D eigenvalue weighted by Crippen LogP contribution is 2.43. The first-order chi connectivity index (χ1) is 12.9. The van der Waals surface area contributed by atoms with Crippen LogP contribution in [0.2, 0.25) is 0 Å².